The number of rotatable bonds is 1. The lowest BCUT2D eigenvalue weighted by molar-refractivity contribution is 0.501. The van der Waals surface area contributed by atoms with Crippen LogP contribution in [0.25, 0.3) is 0 Å². The Hall–Kier alpha value is -0.460. The average molecular weight is 272 g/mol. The number of hydrogen-bond donors (Lipinski definition) is 1. The molecule has 3 rings (SSSR count). The summed E-state index contributed by atoms with van der Waals surface area (Å²) in [7, 11) is -2.96. The number of fused-ring (bicyclic) bond motifs is 1. The van der Waals surface area contributed by atoms with Crippen molar-refractivity contribution in [1.29, 1.82) is 0 Å². The van der Waals surface area contributed by atoms with E-state index in [4.69, 9.17) is 5.73 Å². The fourth-order valence-corrected chi connectivity index (χ4v) is 5.86. The molecule has 0 amide bonds. The molecule has 1 aliphatic carbocycles. The summed E-state index contributed by atoms with van der Waals surface area (Å²) in [4.78, 5) is 5.92. The minimum Gasteiger partial charge on any atom is -0.319 e. The summed E-state index contributed by atoms with van der Waals surface area (Å²) in [6.07, 6.45) is 5.02. The normalized spacial score (nSPS) is 31.4. The van der Waals surface area contributed by atoms with Gasteiger partial charge in [-0.2, -0.15) is 0 Å². The van der Waals surface area contributed by atoms with Crippen molar-refractivity contribution < 1.29 is 8.42 Å². The van der Waals surface area contributed by atoms with Crippen LogP contribution in [0, 0.1) is 0 Å². The van der Waals surface area contributed by atoms with E-state index in [-0.39, 0.29) is 11.5 Å². The number of hydrogen-bond acceptors (Lipinski definition) is 5. The van der Waals surface area contributed by atoms with Gasteiger partial charge in [0.15, 0.2) is 9.84 Å². The van der Waals surface area contributed by atoms with E-state index in [9.17, 15) is 8.42 Å². The molecular formula is C11H16N2O2S2. The average Bonchev–Trinajstić information content (AvgIpc) is 2.80. The Morgan fingerprint density at radius 3 is 2.71 bits per heavy atom. The second-order valence-electron chi connectivity index (χ2n) is 5.09. The van der Waals surface area contributed by atoms with Crippen molar-refractivity contribution in [2.75, 3.05) is 11.5 Å². The number of aryl methyl sites for hydroxylation is 2. The zero-order valence-corrected chi connectivity index (χ0v) is 11.2. The van der Waals surface area contributed by atoms with Crippen molar-refractivity contribution in [3.05, 3.63) is 15.6 Å². The number of thiazole rings is 1. The van der Waals surface area contributed by atoms with Gasteiger partial charge in [0.1, 0.15) is 5.01 Å². The molecule has 1 fully saturated rings. The van der Waals surface area contributed by atoms with Gasteiger partial charge < -0.3 is 5.73 Å². The second kappa shape index (κ2) is 3.76. The van der Waals surface area contributed by atoms with E-state index in [0.29, 0.717) is 6.42 Å². The predicted molar refractivity (Wildman–Crippen MR) is 67.9 cm³/mol. The van der Waals surface area contributed by atoms with Crippen LogP contribution < -0.4 is 5.73 Å². The van der Waals surface area contributed by atoms with Crippen LogP contribution in [0.5, 0.6) is 0 Å². The van der Waals surface area contributed by atoms with Gasteiger partial charge in [-0.15, -0.1) is 11.3 Å². The van der Waals surface area contributed by atoms with Crippen molar-refractivity contribution >= 4 is 21.2 Å². The third kappa shape index (κ3) is 2.02. The topological polar surface area (TPSA) is 73.0 Å². The molecule has 0 saturated carbocycles. The smallest absolute Gasteiger partial charge is 0.152 e. The monoisotopic (exact) mass is 272 g/mol. The van der Waals surface area contributed by atoms with Gasteiger partial charge in [0.05, 0.1) is 22.7 Å². The lowest BCUT2D eigenvalue weighted by Crippen LogP contribution is -2.37. The van der Waals surface area contributed by atoms with Gasteiger partial charge in [0, 0.05) is 4.88 Å². The molecule has 2 N–H and O–H groups in total. The number of sulfone groups is 1. The van der Waals surface area contributed by atoms with Crippen molar-refractivity contribution in [3.63, 3.8) is 0 Å². The van der Waals surface area contributed by atoms with Gasteiger partial charge in [0.25, 0.3) is 0 Å². The highest BCUT2D eigenvalue weighted by atomic mass is 32.2. The molecule has 1 aliphatic heterocycles. The Kier molecular flexibility index (Phi) is 2.57. The molecule has 0 radical (unpaired) electrons. The molecule has 0 bridgehead atoms. The summed E-state index contributed by atoms with van der Waals surface area (Å²) in [5, 5.41) is 0.838. The fourth-order valence-electron chi connectivity index (χ4n) is 2.61. The van der Waals surface area contributed by atoms with Gasteiger partial charge in [-0.25, -0.2) is 13.4 Å². The fraction of sp³-hybridized carbons (Fsp3) is 0.727. The van der Waals surface area contributed by atoms with Crippen LogP contribution in [0.2, 0.25) is 0 Å². The molecule has 94 valence electrons. The first kappa shape index (κ1) is 11.6. The van der Waals surface area contributed by atoms with E-state index in [1.165, 1.54) is 17.7 Å². The Bertz CT molecular complexity index is 526. The molecule has 17 heavy (non-hydrogen) atoms. The number of nitrogens with two attached hydrogens (primary N) is 1. The zero-order chi connectivity index (χ0) is 12.1. The van der Waals surface area contributed by atoms with Crippen LogP contribution in [-0.4, -0.2) is 24.9 Å². The molecule has 2 heterocycles. The van der Waals surface area contributed by atoms with Gasteiger partial charge in [-0.3, -0.25) is 0 Å². The quantitative estimate of drug-likeness (QED) is 0.827. The number of nitrogens with zero attached hydrogens (tertiary/aromatic N) is 1. The maximum atomic E-state index is 11.6. The molecule has 1 aromatic heterocycles. The lowest BCUT2D eigenvalue weighted by atomic mass is 10.0. The largest absolute Gasteiger partial charge is 0.319 e. The molecule has 1 unspecified atom stereocenters. The first-order valence-corrected chi connectivity index (χ1v) is 8.61. The van der Waals surface area contributed by atoms with Crippen LogP contribution in [0.1, 0.15) is 34.8 Å². The molecule has 2 aliphatic rings. The molecule has 4 nitrogen and oxygen atoms in total. The van der Waals surface area contributed by atoms with E-state index in [2.05, 4.69) is 4.98 Å². The van der Waals surface area contributed by atoms with E-state index in [0.717, 1.165) is 23.5 Å². The predicted octanol–water partition coefficient (Wildman–Crippen LogP) is 0.994. The molecule has 1 atom stereocenters. The first-order valence-electron chi connectivity index (χ1n) is 5.97. The van der Waals surface area contributed by atoms with E-state index >= 15 is 0 Å². The molecule has 0 spiro atoms. The molecule has 0 aromatic carbocycles. The van der Waals surface area contributed by atoms with Gasteiger partial charge >= 0.3 is 0 Å². The van der Waals surface area contributed by atoms with Gasteiger partial charge in [-0.1, -0.05) is 0 Å². The first-order chi connectivity index (χ1) is 7.99. The second-order valence-corrected chi connectivity index (χ2v) is 8.36. The third-order valence-corrected chi connectivity index (χ3v) is 6.77. The van der Waals surface area contributed by atoms with Crippen LogP contribution in [0.3, 0.4) is 0 Å². The maximum absolute atomic E-state index is 11.6. The highest BCUT2D eigenvalue weighted by molar-refractivity contribution is 7.91. The van der Waals surface area contributed by atoms with E-state index < -0.39 is 15.4 Å². The summed E-state index contributed by atoms with van der Waals surface area (Å²) >= 11 is 1.63. The Balaban J connectivity index is 1.97. The Morgan fingerprint density at radius 1 is 1.29 bits per heavy atom. The van der Waals surface area contributed by atoms with Crippen LogP contribution in [0.4, 0.5) is 0 Å². The third-order valence-electron chi connectivity index (χ3n) is 3.61. The molecule has 1 aromatic rings. The van der Waals surface area contributed by atoms with Crippen molar-refractivity contribution in [3.8, 4) is 0 Å². The summed E-state index contributed by atoms with van der Waals surface area (Å²) in [5.41, 5.74) is 6.67. The van der Waals surface area contributed by atoms with Crippen LogP contribution in [0.15, 0.2) is 0 Å². The molecular weight excluding hydrogens is 256 g/mol. The van der Waals surface area contributed by atoms with Crippen molar-refractivity contribution in [2.45, 2.75) is 37.6 Å². The summed E-state index contributed by atoms with van der Waals surface area (Å²) < 4.78 is 23.1. The maximum Gasteiger partial charge on any atom is 0.152 e. The molecule has 6 heteroatoms. The summed E-state index contributed by atoms with van der Waals surface area (Å²) in [6, 6.07) is 0. The number of aromatic nitrogens is 1. The molecule has 1 saturated heterocycles. The van der Waals surface area contributed by atoms with Crippen LogP contribution >= 0.6 is 11.3 Å². The van der Waals surface area contributed by atoms with Crippen molar-refractivity contribution in [2.24, 2.45) is 5.73 Å². The SMILES string of the molecule is NC1(c2nc3c(s2)CCCC3)CCS(=O)(=O)C1. The zero-order valence-electron chi connectivity index (χ0n) is 9.61. The van der Waals surface area contributed by atoms with Gasteiger partial charge in [0.2, 0.25) is 0 Å². The highest BCUT2D eigenvalue weighted by Gasteiger charge is 2.43. The van der Waals surface area contributed by atoms with Crippen LogP contribution in [-0.2, 0) is 28.2 Å². The van der Waals surface area contributed by atoms with E-state index in [1.54, 1.807) is 11.3 Å². The summed E-state index contributed by atoms with van der Waals surface area (Å²) in [6.45, 7) is 0. The van der Waals surface area contributed by atoms with E-state index in [1.807, 2.05) is 0 Å². The summed E-state index contributed by atoms with van der Waals surface area (Å²) in [5.74, 6) is 0.264. The highest BCUT2D eigenvalue weighted by Crippen LogP contribution is 2.37. The van der Waals surface area contributed by atoms with Crippen molar-refractivity contribution in [1.82, 2.24) is 4.98 Å². The lowest BCUT2D eigenvalue weighted by Gasteiger charge is -2.18. The van der Waals surface area contributed by atoms with Gasteiger partial charge in [-0.05, 0) is 32.1 Å². The standard InChI is InChI=1S/C11H16N2O2S2/c12-11(5-6-17(14,15)7-11)10-13-8-3-1-2-4-9(8)16-10/h1-7,12H2. The Labute approximate surface area is 105 Å². The minimum absolute atomic E-state index is 0.0619. The minimum atomic E-state index is -2.96. The Morgan fingerprint density at radius 2 is 2.06 bits per heavy atom.